The molecule has 3 heteroatoms. The zero-order valence-corrected chi connectivity index (χ0v) is 14.0. The fraction of sp³-hybridized carbons (Fsp3) is 0.526. The van der Waals surface area contributed by atoms with Gasteiger partial charge in [-0.1, -0.05) is 44.9 Å². The molecular weight excluding hydrogens is 276 g/mol. The second-order valence-corrected chi connectivity index (χ2v) is 5.27. The first kappa shape index (κ1) is 18.3. The van der Waals surface area contributed by atoms with E-state index in [1.807, 2.05) is 31.2 Å². The number of benzene rings is 1. The summed E-state index contributed by atoms with van der Waals surface area (Å²) in [6.07, 6.45) is 8.54. The number of rotatable bonds is 10. The Morgan fingerprint density at radius 1 is 1.18 bits per heavy atom. The van der Waals surface area contributed by atoms with E-state index >= 15 is 0 Å². The molecule has 0 bridgehead atoms. The summed E-state index contributed by atoms with van der Waals surface area (Å²) in [4.78, 5) is 11.9. The van der Waals surface area contributed by atoms with Crippen LogP contribution in [0, 0.1) is 0 Å². The van der Waals surface area contributed by atoms with Crippen molar-refractivity contribution in [3.63, 3.8) is 0 Å². The largest absolute Gasteiger partial charge is 0.493 e. The maximum atomic E-state index is 11.9. The molecule has 0 aliphatic heterocycles. The number of carbonyl (C=O) groups is 1. The molecule has 0 fully saturated rings. The van der Waals surface area contributed by atoms with E-state index in [1.54, 1.807) is 6.08 Å². The van der Waals surface area contributed by atoms with Gasteiger partial charge in [0.1, 0.15) is 11.9 Å². The van der Waals surface area contributed by atoms with Crippen molar-refractivity contribution >= 4 is 12.0 Å². The second-order valence-electron chi connectivity index (χ2n) is 5.27. The van der Waals surface area contributed by atoms with Gasteiger partial charge >= 0.3 is 5.97 Å². The van der Waals surface area contributed by atoms with Crippen molar-refractivity contribution in [2.24, 2.45) is 0 Å². The maximum Gasteiger partial charge on any atom is 0.331 e. The van der Waals surface area contributed by atoms with Crippen LogP contribution in [0.25, 0.3) is 6.08 Å². The van der Waals surface area contributed by atoms with Crippen molar-refractivity contribution in [1.82, 2.24) is 0 Å². The predicted octanol–water partition coefficient (Wildman–Crippen LogP) is 5.00. The van der Waals surface area contributed by atoms with Gasteiger partial charge in [0.2, 0.25) is 0 Å². The number of hydrogen-bond donors (Lipinski definition) is 0. The molecule has 0 saturated heterocycles. The molecule has 1 aromatic carbocycles. The first-order valence-electron chi connectivity index (χ1n) is 8.31. The van der Waals surface area contributed by atoms with Crippen molar-refractivity contribution in [1.29, 1.82) is 0 Å². The molecule has 0 N–H and O–H groups in total. The minimum atomic E-state index is -0.283. The molecule has 1 aromatic rings. The highest BCUT2D eigenvalue weighted by molar-refractivity contribution is 5.87. The summed E-state index contributed by atoms with van der Waals surface area (Å²) in [5.41, 5.74) is 0.889. The summed E-state index contributed by atoms with van der Waals surface area (Å²) in [6, 6.07) is 7.66. The van der Waals surface area contributed by atoms with E-state index in [2.05, 4.69) is 13.8 Å². The van der Waals surface area contributed by atoms with Crippen molar-refractivity contribution in [3.05, 3.63) is 35.9 Å². The Balaban J connectivity index is 2.56. The molecule has 0 spiro atoms. The van der Waals surface area contributed by atoms with Crippen molar-refractivity contribution in [3.8, 4) is 5.75 Å². The SMILES string of the molecule is CCCCCC(CC)OC(=O)/C=C/c1ccccc1OCC. The molecule has 0 aromatic heterocycles. The van der Waals surface area contributed by atoms with Gasteiger partial charge in [-0.25, -0.2) is 4.79 Å². The zero-order chi connectivity index (χ0) is 16.2. The van der Waals surface area contributed by atoms with Gasteiger partial charge in [-0.2, -0.15) is 0 Å². The molecule has 1 atom stereocenters. The molecule has 1 unspecified atom stereocenters. The molecular formula is C19H28O3. The predicted molar refractivity (Wildman–Crippen MR) is 91.0 cm³/mol. The molecule has 0 radical (unpaired) electrons. The lowest BCUT2D eigenvalue weighted by Gasteiger charge is -2.14. The highest BCUT2D eigenvalue weighted by Crippen LogP contribution is 2.19. The fourth-order valence-electron chi connectivity index (χ4n) is 2.23. The molecule has 0 amide bonds. The van der Waals surface area contributed by atoms with Crippen LogP contribution in [0.1, 0.15) is 58.4 Å². The van der Waals surface area contributed by atoms with Crippen molar-refractivity contribution in [2.45, 2.75) is 59.0 Å². The van der Waals surface area contributed by atoms with E-state index < -0.39 is 0 Å². The highest BCUT2D eigenvalue weighted by Gasteiger charge is 2.10. The Bertz CT molecular complexity index is 466. The third-order valence-electron chi connectivity index (χ3n) is 3.49. The number of ether oxygens (including phenoxy) is 2. The monoisotopic (exact) mass is 304 g/mol. The normalized spacial score (nSPS) is 12.3. The van der Waals surface area contributed by atoms with Crippen LogP contribution >= 0.6 is 0 Å². The maximum absolute atomic E-state index is 11.9. The molecule has 0 heterocycles. The molecule has 0 saturated carbocycles. The Morgan fingerprint density at radius 2 is 1.95 bits per heavy atom. The lowest BCUT2D eigenvalue weighted by atomic mass is 10.1. The third kappa shape index (κ3) is 6.79. The van der Waals surface area contributed by atoms with Gasteiger partial charge in [-0.05, 0) is 38.3 Å². The summed E-state index contributed by atoms with van der Waals surface area (Å²) < 4.78 is 11.0. The van der Waals surface area contributed by atoms with E-state index in [0.29, 0.717) is 6.61 Å². The molecule has 1 rings (SSSR count). The minimum absolute atomic E-state index is 0.0193. The fourth-order valence-corrected chi connectivity index (χ4v) is 2.23. The molecule has 0 aliphatic carbocycles. The quantitative estimate of drug-likeness (QED) is 0.346. The van der Waals surface area contributed by atoms with Crippen molar-refractivity contribution < 1.29 is 14.3 Å². The van der Waals surface area contributed by atoms with Gasteiger partial charge in [0.15, 0.2) is 0 Å². The van der Waals surface area contributed by atoms with E-state index in [9.17, 15) is 4.79 Å². The van der Waals surface area contributed by atoms with Crippen LogP contribution < -0.4 is 4.74 Å². The number of hydrogen-bond acceptors (Lipinski definition) is 3. The lowest BCUT2D eigenvalue weighted by molar-refractivity contribution is -0.143. The van der Waals surface area contributed by atoms with Crippen LogP contribution in [0.2, 0.25) is 0 Å². The van der Waals surface area contributed by atoms with Crippen LogP contribution in [0.4, 0.5) is 0 Å². The summed E-state index contributed by atoms with van der Waals surface area (Å²) in [5, 5.41) is 0. The van der Waals surface area contributed by atoms with E-state index in [1.165, 1.54) is 18.9 Å². The van der Waals surface area contributed by atoms with E-state index in [4.69, 9.17) is 9.47 Å². The minimum Gasteiger partial charge on any atom is -0.493 e. The first-order chi connectivity index (χ1) is 10.7. The number of para-hydroxylation sites is 1. The Hall–Kier alpha value is -1.77. The van der Waals surface area contributed by atoms with Gasteiger partial charge in [0.05, 0.1) is 6.61 Å². The van der Waals surface area contributed by atoms with Crippen LogP contribution in [-0.4, -0.2) is 18.7 Å². The Kier molecular flexibility index (Phi) is 9.04. The second kappa shape index (κ2) is 10.9. The summed E-state index contributed by atoms with van der Waals surface area (Å²) in [7, 11) is 0. The van der Waals surface area contributed by atoms with Crippen LogP contribution in [0.5, 0.6) is 5.75 Å². The summed E-state index contributed by atoms with van der Waals surface area (Å²) in [5.74, 6) is 0.499. The van der Waals surface area contributed by atoms with Crippen LogP contribution in [0.15, 0.2) is 30.3 Å². The van der Waals surface area contributed by atoms with Crippen LogP contribution in [0.3, 0.4) is 0 Å². The number of carbonyl (C=O) groups excluding carboxylic acids is 1. The summed E-state index contributed by atoms with van der Waals surface area (Å²) in [6.45, 7) is 6.77. The Labute approximate surface area is 134 Å². The summed E-state index contributed by atoms with van der Waals surface area (Å²) >= 11 is 0. The van der Waals surface area contributed by atoms with Crippen molar-refractivity contribution in [2.75, 3.05) is 6.61 Å². The van der Waals surface area contributed by atoms with E-state index in [0.717, 1.165) is 30.6 Å². The standard InChI is InChI=1S/C19H28O3/c1-4-7-8-12-17(5-2)22-19(20)15-14-16-11-9-10-13-18(16)21-6-3/h9-11,13-15,17H,4-8,12H2,1-3H3/b15-14+. The van der Waals surface area contributed by atoms with Gasteiger partial charge in [-0.3, -0.25) is 0 Å². The number of unbranched alkanes of at least 4 members (excludes halogenated alkanes) is 2. The topological polar surface area (TPSA) is 35.5 Å². The molecule has 122 valence electrons. The van der Waals surface area contributed by atoms with E-state index in [-0.39, 0.29) is 12.1 Å². The lowest BCUT2D eigenvalue weighted by Crippen LogP contribution is -2.15. The van der Waals surface area contributed by atoms with Crippen LogP contribution in [-0.2, 0) is 9.53 Å². The smallest absolute Gasteiger partial charge is 0.331 e. The first-order valence-corrected chi connectivity index (χ1v) is 8.31. The Morgan fingerprint density at radius 3 is 2.64 bits per heavy atom. The average molecular weight is 304 g/mol. The average Bonchev–Trinajstić information content (AvgIpc) is 2.53. The zero-order valence-electron chi connectivity index (χ0n) is 14.0. The highest BCUT2D eigenvalue weighted by atomic mass is 16.5. The van der Waals surface area contributed by atoms with Gasteiger partial charge < -0.3 is 9.47 Å². The third-order valence-corrected chi connectivity index (χ3v) is 3.49. The molecule has 0 aliphatic rings. The van der Waals surface area contributed by atoms with Gasteiger partial charge in [-0.15, -0.1) is 0 Å². The van der Waals surface area contributed by atoms with Gasteiger partial charge in [0, 0.05) is 11.6 Å². The number of esters is 1. The molecule has 22 heavy (non-hydrogen) atoms. The van der Waals surface area contributed by atoms with Gasteiger partial charge in [0.25, 0.3) is 0 Å². The molecule has 3 nitrogen and oxygen atoms in total.